The van der Waals surface area contributed by atoms with E-state index in [2.05, 4.69) is 24.0 Å². The van der Waals surface area contributed by atoms with Crippen LogP contribution in [-0.4, -0.2) is 4.98 Å². The van der Waals surface area contributed by atoms with Crippen molar-refractivity contribution in [3.8, 4) is 0 Å². The van der Waals surface area contributed by atoms with Gasteiger partial charge in [-0.2, -0.15) is 0 Å². The Labute approximate surface area is 98.3 Å². The molecule has 2 nitrogen and oxygen atoms in total. The summed E-state index contributed by atoms with van der Waals surface area (Å²) in [5.74, 6) is 1.51. The molecule has 1 aromatic heterocycles. The van der Waals surface area contributed by atoms with Gasteiger partial charge in [0, 0.05) is 11.7 Å². The van der Waals surface area contributed by atoms with Gasteiger partial charge in [-0.15, -0.1) is 0 Å². The molecule has 1 aromatic rings. The Balaban J connectivity index is 2.04. The first-order valence-electron chi connectivity index (χ1n) is 6.36. The summed E-state index contributed by atoms with van der Waals surface area (Å²) in [4.78, 5) is 4.54. The third kappa shape index (κ3) is 2.62. The zero-order chi connectivity index (χ0) is 11.5. The number of hydrogen-bond acceptors (Lipinski definition) is 2. The lowest BCUT2D eigenvalue weighted by Gasteiger charge is -2.30. The fourth-order valence-electron chi connectivity index (χ4n) is 2.64. The zero-order valence-corrected chi connectivity index (χ0v) is 10.3. The van der Waals surface area contributed by atoms with Gasteiger partial charge in [0.1, 0.15) is 0 Å². The molecule has 1 fully saturated rings. The van der Waals surface area contributed by atoms with E-state index in [1.54, 1.807) is 0 Å². The van der Waals surface area contributed by atoms with Crippen LogP contribution in [0.1, 0.15) is 50.0 Å². The van der Waals surface area contributed by atoms with E-state index in [9.17, 15) is 0 Å². The van der Waals surface area contributed by atoms with Crippen LogP contribution in [0.3, 0.4) is 0 Å². The molecule has 0 saturated heterocycles. The number of nitrogens with two attached hydrogens (primary N) is 1. The summed E-state index contributed by atoms with van der Waals surface area (Å²) in [6.45, 7) is 4.37. The van der Waals surface area contributed by atoms with Crippen molar-refractivity contribution in [2.75, 3.05) is 0 Å². The molecule has 0 radical (unpaired) electrons. The van der Waals surface area contributed by atoms with E-state index in [0.29, 0.717) is 5.92 Å². The van der Waals surface area contributed by atoms with E-state index < -0.39 is 0 Å². The molecule has 0 aromatic carbocycles. The largest absolute Gasteiger partial charge is 0.322 e. The highest BCUT2D eigenvalue weighted by Gasteiger charge is 2.25. The van der Waals surface area contributed by atoms with Crippen molar-refractivity contribution in [2.24, 2.45) is 17.6 Å². The number of aromatic nitrogens is 1. The van der Waals surface area contributed by atoms with Gasteiger partial charge in [0.15, 0.2) is 0 Å². The van der Waals surface area contributed by atoms with Crippen molar-refractivity contribution in [3.63, 3.8) is 0 Å². The number of hydrogen-bond donors (Lipinski definition) is 1. The number of aryl methyl sites for hydroxylation is 1. The zero-order valence-electron chi connectivity index (χ0n) is 10.3. The minimum atomic E-state index is 0.132. The third-order valence-corrected chi connectivity index (χ3v) is 3.82. The molecule has 1 atom stereocenters. The Morgan fingerprint density at radius 3 is 2.56 bits per heavy atom. The van der Waals surface area contributed by atoms with Gasteiger partial charge >= 0.3 is 0 Å². The molecular formula is C14H22N2. The van der Waals surface area contributed by atoms with E-state index in [4.69, 9.17) is 5.73 Å². The molecule has 16 heavy (non-hydrogen) atoms. The summed E-state index contributed by atoms with van der Waals surface area (Å²) in [5.41, 5.74) is 8.46. The molecule has 88 valence electrons. The predicted molar refractivity (Wildman–Crippen MR) is 67.0 cm³/mol. The van der Waals surface area contributed by atoms with Gasteiger partial charge in [-0.3, -0.25) is 4.98 Å². The average molecular weight is 218 g/mol. The topological polar surface area (TPSA) is 38.9 Å². The van der Waals surface area contributed by atoms with Crippen molar-refractivity contribution < 1.29 is 0 Å². The molecule has 0 aliphatic heterocycles. The first-order valence-corrected chi connectivity index (χ1v) is 6.36. The van der Waals surface area contributed by atoms with Crippen LogP contribution in [0, 0.1) is 18.8 Å². The van der Waals surface area contributed by atoms with Crippen LogP contribution in [0.25, 0.3) is 0 Å². The average Bonchev–Trinajstić information content (AvgIpc) is 2.29. The molecule has 0 amide bonds. The summed E-state index contributed by atoms with van der Waals surface area (Å²) in [6, 6.07) is 6.28. The van der Waals surface area contributed by atoms with E-state index in [-0.39, 0.29) is 6.04 Å². The Morgan fingerprint density at radius 2 is 1.94 bits per heavy atom. The summed E-state index contributed by atoms with van der Waals surface area (Å²) in [6.07, 6.45) is 5.17. The lowest BCUT2D eigenvalue weighted by atomic mass is 9.78. The maximum atomic E-state index is 6.32. The molecule has 0 bridgehead atoms. The minimum Gasteiger partial charge on any atom is -0.322 e. The summed E-state index contributed by atoms with van der Waals surface area (Å²) < 4.78 is 0. The first kappa shape index (κ1) is 11.6. The highest BCUT2D eigenvalue weighted by molar-refractivity contribution is 5.14. The molecule has 1 saturated carbocycles. The quantitative estimate of drug-likeness (QED) is 0.827. The SMILES string of the molecule is Cc1cccc(C(N)C2CCC(C)CC2)n1. The molecular weight excluding hydrogens is 196 g/mol. The summed E-state index contributed by atoms with van der Waals surface area (Å²) in [7, 11) is 0. The Bertz CT molecular complexity index is 340. The van der Waals surface area contributed by atoms with E-state index in [1.807, 2.05) is 13.0 Å². The van der Waals surface area contributed by atoms with Crippen LogP contribution < -0.4 is 5.73 Å². The summed E-state index contributed by atoms with van der Waals surface area (Å²) in [5, 5.41) is 0. The smallest absolute Gasteiger partial charge is 0.0577 e. The van der Waals surface area contributed by atoms with Gasteiger partial charge < -0.3 is 5.73 Å². The Kier molecular flexibility index (Phi) is 3.59. The third-order valence-electron chi connectivity index (χ3n) is 3.82. The summed E-state index contributed by atoms with van der Waals surface area (Å²) >= 11 is 0. The highest BCUT2D eigenvalue weighted by atomic mass is 14.8. The first-order chi connectivity index (χ1) is 7.66. The normalized spacial score (nSPS) is 27.7. The van der Waals surface area contributed by atoms with Crippen molar-refractivity contribution >= 4 is 0 Å². The maximum Gasteiger partial charge on any atom is 0.0577 e. The standard InChI is InChI=1S/C14H22N2/c1-10-6-8-12(9-7-10)14(15)13-5-3-4-11(2)16-13/h3-5,10,12,14H,6-9,15H2,1-2H3. The maximum absolute atomic E-state index is 6.32. The van der Waals surface area contributed by atoms with Gasteiger partial charge in [-0.1, -0.05) is 25.8 Å². The molecule has 2 heteroatoms. The fraction of sp³-hybridized carbons (Fsp3) is 0.643. The van der Waals surface area contributed by atoms with Gasteiger partial charge in [0.2, 0.25) is 0 Å². The lowest BCUT2D eigenvalue weighted by Crippen LogP contribution is -2.26. The second-order valence-electron chi connectivity index (χ2n) is 5.25. The molecule has 1 aliphatic carbocycles. The van der Waals surface area contributed by atoms with Gasteiger partial charge in [-0.05, 0) is 43.7 Å². The molecule has 2 N–H and O–H groups in total. The minimum absolute atomic E-state index is 0.132. The molecule has 1 aliphatic rings. The predicted octanol–water partition coefficient (Wildman–Crippen LogP) is 3.22. The van der Waals surface area contributed by atoms with Crippen LogP contribution >= 0.6 is 0 Å². The Hall–Kier alpha value is -0.890. The lowest BCUT2D eigenvalue weighted by molar-refractivity contribution is 0.254. The molecule has 1 heterocycles. The Morgan fingerprint density at radius 1 is 1.25 bits per heavy atom. The van der Waals surface area contributed by atoms with E-state index in [0.717, 1.165) is 17.3 Å². The van der Waals surface area contributed by atoms with Crippen molar-refractivity contribution in [1.29, 1.82) is 0 Å². The van der Waals surface area contributed by atoms with E-state index >= 15 is 0 Å². The van der Waals surface area contributed by atoms with Crippen LogP contribution in [0.15, 0.2) is 18.2 Å². The van der Waals surface area contributed by atoms with Crippen molar-refractivity contribution in [3.05, 3.63) is 29.6 Å². The van der Waals surface area contributed by atoms with Crippen LogP contribution in [-0.2, 0) is 0 Å². The van der Waals surface area contributed by atoms with Crippen molar-refractivity contribution in [1.82, 2.24) is 4.98 Å². The van der Waals surface area contributed by atoms with Gasteiger partial charge in [0.05, 0.1) is 5.69 Å². The molecule has 0 spiro atoms. The van der Waals surface area contributed by atoms with E-state index in [1.165, 1.54) is 25.7 Å². The molecule has 1 unspecified atom stereocenters. The number of nitrogens with zero attached hydrogens (tertiary/aromatic N) is 1. The van der Waals surface area contributed by atoms with Crippen LogP contribution in [0.4, 0.5) is 0 Å². The van der Waals surface area contributed by atoms with Crippen LogP contribution in [0.2, 0.25) is 0 Å². The van der Waals surface area contributed by atoms with Gasteiger partial charge in [0.25, 0.3) is 0 Å². The number of rotatable bonds is 2. The van der Waals surface area contributed by atoms with Gasteiger partial charge in [-0.25, -0.2) is 0 Å². The highest BCUT2D eigenvalue weighted by Crippen LogP contribution is 2.34. The van der Waals surface area contributed by atoms with Crippen molar-refractivity contribution in [2.45, 2.75) is 45.6 Å². The monoisotopic (exact) mass is 218 g/mol. The fourth-order valence-corrected chi connectivity index (χ4v) is 2.64. The molecule has 2 rings (SSSR count). The second kappa shape index (κ2) is 4.96. The number of pyridine rings is 1. The second-order valence-corrected chi connectivity index (χ2v) is 5.25. The van der Waals surface area contributed by atoms with Crippen LogP contribution in [0.5, 0.6) is 0 Å².